The highest BCUT2D eigenvalue weighted by Gasteiger charge is 2.15. The number of fused-ring (bicyclic) bond motifs is 1. The number of hydrogen-bond acceptors (Lipinski definition) is 4. The van der Waals surface area contributed by atoms with Gasteiger partial charge in [0.25, 0.3) is 0 Å². The molecule has 1 fully saturated rings. The third-order valence-corrected chi connectivity index (χ3v) is 5.53. The zero-order chi connectivity index (χ0) is 17.1. The summed E-state index contributed by atoms with van der Waals surface area (Å²) in [4.78, 5) is 24.3. The van der Waals surface area contributed by atoms with Gasteiger partial charge in [-0.05, 0) is 30.5 Å². The number of carbonyl (C=O) groups excluding carboxylic acids is 1. The van der Waals surface area contributed by atoms with Crippen LogP contribution in [-0.4, -0.2) is 20.9 Å². The van der Waals surface area contributed by atoms with Gasteiger partial charge in [-0.3, -0.25) is 4.79 Å². The van der Waals surface area contributed by atoms with E-state index in [0.717, 1.165) is 40.6 Å². The first-order valence-corrected chi connectivity index (χ1v) is 9.90. The van der Waals surface area contributed by atoms with Crippen LogP contribution in [0.25, 0.3) is 22.6 Å². The Kier molecular flexibility index (Phi) is 4.78. The van der Waals surface area contributed by atoms with E-state index < -0.39 is 0 Å². The molecule has 0 unspecified atom stereocenters. The highest BCUT2D eigenvalue weighted by atomic mass is 32.1. The summed E-state index contributed by atoms with van der Waals surface area (Å²) in [5, 5.41) is 4.98. The standard InChI is InChI=1S/C19H22N4OS/c24-18(9-6-13-4-2-1-3-5-13)21-14-7-8-15-16(10-14)23-19(22-15)17-11-25-12-20-17/h7-8,10-13H,1-6,9H2,(H,21,24)(H,22,23). The first kappa shape index (κ1) is 16.3. The Morgan fingerprint density at radius 1 is 1.28 bits per heavy atom. The van der Waals surface area contributed by atoms with Crippen LogP contribution in [0.4, 0.5) is 5.69 Å². The maximum absolute atomic E-state index is 12.2. The number of carbonyl (C=O) groups is 1. The summed E-state index contributed by atoms with van der Waals surface area (Å²) < 4.78 is 0. The predicted molar refractivity (Wildman–Crippen MR) is 102 cm³/mol. The first-order chi connectivity index (χ1) is 12.3. The smallest absolute Gasteiger partial charge is 0.224 e. The van der Waals surface area contributed by atoms with E-state index in [9.17, 15) is 4.79 Å². The van der Waals surface area contributed by atoms with Crippen LogP contribution < -0.4 is 5.32 Å². The lowest BCUT2D eigenvalue weighted by Crippen LogP contribution is -2.14. The normalized spacial score (nSPS) is 15.5. The van der Waals surface area contributed by atoms with E-state index in [1.165, 1.54) is 32.1 Å². The molecule has 0 bridgehead atoms. The Labute approximate surface area is 150 Å². The Morgan fingerprint density at radius 2 is 2.16 bits per heavy atom. The Morgan fingerprint density at radius 3 is 2.96 bits per heavy atom. The zero-order valence-electron chi connectivity index (χ0n) is 14.1. The third kappa shape index (κ3) is 3.90. The van der Waals surface area contributed by atoms with Gasteiger partial charge in [0.2, 0.25) is 5.91 Å². The van der Waals surface area contributed by atoms with E-state index in [1.54, 1.807) is 16.8 Å². The molecule has 0 radical (unpaired) electrons. The van der Waals surface area contributed by atoms with Crippen LogP contribution >= 0.6 is 11.3 Å². The van der Waals surface area contributed by atoms with Crippen LogP contribution in [0.3, 0.4) is 0 Å². The summed E-state index contributed by atoms with van der Waals surface area (Å²) in [6.07, 6.45) is 8.19. The van der Waals surface area contributed by atoms with Crippen LogP contribution in [0.5, 0.6) is 0 Å². The third-order valence-electron chi connectivity index (χ3n) is 4.94. The molecule has 0 spiro atoms. The average Bonchev–Trinajstić information content (AvgIpc) is 3.30. The molecule has 1 aromatic carbocycles. The van der Waals surface area contributed by atoms with E-state index in [4.69, 9.17) is 0 Å². The van der Waals surface area contributed by atoms with Gasteiger partial charge < -0.3 is 10.3 Å². The molecule has 2 N–H and O–H groups in total. The maximum Gasteiger partial charge on any atom is 0.224 e. The van der Waals surface area contributed by atoms with Crippen molar-refractivity contribution < 1.29 is 4.79 Å². The van der Waals surface area contributed by atoms with Gasteiger partial charge in [-0.15, -0.1) is 11.3 Å². The van der Waals surface area contributed by atoms with Crippen molar-refractivity contribution >= 4 is 34.0 Å². The lowest BCUT2D eigenvalue weighted by Gasteiger charge is -2.20. The molecule has 0 atom stereocenters. The highest BCUT2D eigenvalue weighted by molar-refractivity contribution is 7.07. The summed E-state index contributed by atoms with van der Waals surface area (Å²) >= 11 is 1.54. The van der Waals surface area contributed by atoms with Gasteiger partial charge >= 0.3 is 0 Å². The lowest BCUT2D eigenvalue weighted by atomic mass is 9.86. The first-order valence-electron chi connectivity index (χ1n) is 8.96. The zero-order valence-corrected chi connectivity index (χ0v) is 14.9. The molecule has 1 saturated carbocycles. The number of thiazole rings is 1. The fourth-order valence-corrected chi connectivity index (χ4v) is 4.11. The van der Waals surface area contributed by atoms with Crippen LogP contribution in [0.1, 0.15) is 44.9 Å². The molecule has 5 nitrogen and oxygen atoms in total. The fourth-order valence-electron chi connectivity index (χ4n) is 3.57. The second-order valence-corrected chi connectivity index (χ2v) is 7.50. The van der Waals surface area contributed by atoms with Gasteiger partial charge in [0, 0.05) is 17.5 Å². The van der Waals surface area contributed by atoms with Gasteiger partial charge in [-0.1, -0.05) is 32.1 Å². The molecular weight excluding hydrogens is 332 g/mol. The number of hydrogen-bond donors (Lipinski definition) is 2. The average molecular weight is 354 g/mol. The van der Waals surface area contributed by atoms with Crippen molar-refractivity contribution in [1.82, 2.24) is 15.0 Å². The minimum Gasteiger partial charge on any atom is -0.337 e. The maximum atomic E-state index is 12.2. The van der Waals surface area contributed by atoms with Crippen molar-refractivity contribution in [3.8, 4) is 11.5 Å². The van der Waals surface area contributed by atoms with Gasteiger partial charge in [0.15, 0.2) is 5.82 Å². The SMILES string of the molecule is O=C(CCC1CCCCC1)Nc1ccc2nc(-c3cscn3)[nH]c2c1. The van der Waals surface area contributed by atoms with Crippen LogP contribution in [0.2, 0.25) is 0 Å². The molecule has 0 saturated heterocycles. The van der Waals surface area contributed by atoms with Crippen molar-refractivity contribution in [2.75, 3.05) is 5.32 Å². The van der Waals surface area contributed by atoms with Crippen molar-refractivity contribution in [1.29, 1.82) is 0 Å². The largest absolute Gasteiger partial charge is 0.337 e. The summed E-state index contributed by atoms with van der Waals surface area (Å²) in [5.41, 5.74) is 5.24. The molecule has 25 heavy (non-hydrogen) atoms. The van der Waals surface area contributed by atoms with E-state index in [1.807, 2.05) is 23.6 Å². The Hall–Kier alpha value is -2.21. The molecule has 3 aromatic rings. The molecule has 2 aromatic heterocycles. The summed E-state index contributed by atoms with van der Waals surface area (Å²) in [5.74, 6) is 1.59. The summed E-state index contributed by atoms with van der Waals surface area (Å²) in [6, 6.07) is 5.78. The predicted octanol–water partition coefficient (Wildman–Crippen LogP) is 4.99. The Bertz CT molecular complexity index is 850. The number of amides is 1. The second-order valence-electron chi connectivity index (χ2n) is 6.78. The number of nitrogens with one attached hydrogen (secondary N) is 2. The number of benzene rings is 1. The Balaban J connectivity index is 1.40. The van der Waals surface area contributed by atoms with Crippen LogP contribution in [-0.2, 0) is 4.79 Å². The van der Waals surface area contributed by atoms with Crippen molar-refractivity contribution in [3.63, 3.8) is 0 Å². The molecular formula is C19H22N4OS. The molecule has 1 aliphatic rings. The van der Waals surface area contributed by atoms with Crippen LogP contribution in [0.15, 0.2) is 29.1 Å². The van der Waals surface area contributed by atoms with Crippen molar-refractivity contribution in [2.24, 2.45) is 5.92 Å². The topological polar surface area (TPSA) is 70.7 Å². The minimum atomic E-state index is 0.101. The van der Waals surface area contributed by atoms with E-state index in [-0.39, 0.29) is 5.91 Å². The monoisotopic (exact) mass is 354 g/mol. The van der Waals surface area contributed by atoms with E-state index >= 15 is 0 Å². The summed E-state index contributed by atoms with van der Waals surface area (Å²) in [7, 11) is 0. The number of nitrogens with zero attached hydrogens (tertiary/aromatic N) is 2. The number of rotatable bonds is 5. The molecule has 1 amide bonds. The van der Waals surface area contributed by atoms with Crippen molar-refractivity contribution in [2.45, 2.75) is 44.9 Å². The van der Waals surface area contributed by atoms with Gasteiger partial charge in [-0.25, -0.2) is 9.97 Å². The lowest BCUT2D eigenvalue weighted by molar-refractivity contribution is -0.116. The van der Waals surface area contributed by atoms with Crippen LogP contribution in [0, 0.1) is 5.92 Å². The number of H-pyrrole nitrogens is 1. The number of aromatic amines is 1. The quantitative estimate of drug-likeness (QED) is 0.678. The van der Waals surface area contributed by atoms with Crippen molar-refractivity contribution in [3.05, 3.63) is 29.1 Å². The molecule has 6 heteroatoms. The molecule has 130 valence electrons. The number of aromatic nitrogens is 3. The number of anilines is 1. The van der Waals surface area contributed by atoms with E-state index in [2.05, 4.69) is 20.3 Å². The fraction of sp³-hybridized carbons (Fsp3) is 0.421. The molecule has 4 rings (SSSR count). The molecule has 0 aliphatic heterocycles. The second kappa shape index (κ2) is 7.35. The van der Waals surface area contributed by atoms with E-state index in [0.29, 0.717) is 6.42 Å². The molecule has 1 aliphatic carbocycles. The number of imidazole rings is 1. The van der Waals surface area contributed by atoms with Gasteiger partial charge in [-0.2, -0.15) is 0 Å². The molecule has 2 heterocycles. The van der Waals surface area contributed by atoms with Gasteiger partial charge in [0.05, 0.1) is 16.5 Å². The highest BCUT2D eigenvalue weighted by Crippen LogP contribution is 2.27. The minimum absolute atomic E-state index is 0.101. The van der Waals surface area contributed by atoms with Gasteiger partial charge in [0.1, 0.15) is 5.69 Å². The summed E-state index contributed by atoms with van der Waals surface area (Å²) in [6.45, 7) is 0.